The van der Waals surface area contributed by atoms with Gasteiger partial charge < -0.3 is 15.3 Å². The highest BCUT2D eigenvalue weighted by Gasteiger charge is 2.27. The van der Waals surface area contributed by atoms with Crippen LogP contribution in [-0.4, -0.2) is 51.7 Å². The van der Waals surface area contributed by atoms with E-state index in [1.54, 1.807) is 14.1 Å². The van der Waals surface area contributed by atoms with Gasteiger partial charge in [-0.15, -0.1) is 10.2 Å². The first-order valence-electron chi connectivity index (χ1n) is 5.31. The number of nitrogens with one attached hydrogen (secondary N) is 1. The molecular weight excluding hydrogens is 236 g/mol. The summed E-state index contributed by atoms with van der Waals surface area (Å²) in [6, 6.07) is 3.02. The van der Waals surface area contributed by atoms with Crippen molar-refractivity contribution in [2.45, 2.75) is 19.4 Å². The van der Waals surface area contributed by atoms with Crippen LogP contribution in [0.15, 0.2) is 12.1 Å². The minimum absolute atomic E-state index is 0.207. The first-order valence-corrected chi connectivity index (χ1v) is 5.31. The van der Waals surface area contributed by atoms with E-state index in [-0.39, 0.29) is 11.6 Å². The molecule has 2 N–H and O–H groups in total. The maximum Gasteiger partial charge on any atom is 0.328 e. The third-order valence-corrected chi connectivity index (χ3v) is 2.27. The molecule has 98 valence electrons. The van der Waals surface area contributed by atoms with E-state index in [1.165, 1.54) is 30.9 Å². The Morgan fingerprint density at radius 3 is 2.28 bits per heavy atom. The average molecular weight is 252 g/mol. The van der Waals surface area contributed by atoms with Gasteiger partial charge in [-0.2, -0.15) is 0 Å². The Morgan fingerprint density at radius 1 is 1.28 bits per heavy atom. The van der Waals surface area contributed by atoms with E-state index < -0.39 is 11.5 Å². The number of rotatable bonds is 4. The number of aromatic nitrogens is 2. The molecule has 0 aromatic carbocycles. The van der Waals surface area contributed by atoms with E-state index in [9.17, 15) is 9.59 Å². The SMILES string of the molecule is CN(C)C(=O)c1ccc(NC(C)(C)C(=O)O)nn1. The lowest BCUT2D eigenvalue weighted by Gasteiger charge is -2.21. The average Bonchev–Trinajstić information content (AvgIpc) is 2.28. The van der Waals surface area contributed by atoms with Crippen molar-refractivity contribution in [1.29, 1.82) is 0 Å². The number of carboxylic acid groups (broad SMARTS) is 1. The largest absolute Gasteiger partial charge is 0.480 e. The van der Waals surface area contributed by atoms with Crippen LogP contribution >= 0.6 is 0 Å². The predicted molar refractivity (Wildman–Crippen MR) is 65.4 cm³/mol. The summed E-state index contributed by atoms with van der Waals surface area (Å²) >= 11 is 0. The lowest BCUT2D eigenvalue weighted by molar-refractivity contribution is -0.141. The molecule has 0 aliphatic heterocycles. The quantitative estimate of drug-likeness (QED) is 0.808. The number of anilines is 1. The standard InChI is InChI=1S/C11H16N4O3/c1-11(2,10(17)18)12-8-6-5-7(13-14-8)9(16)15(3)4/h5-6H,1-4H3,(H,12,14)(H,17,18). The highest BCUT2D eigenvalue weighted by Crippen LogP contribution is 2.12. The molecule has 7 heteroatoms. The molecule has 0 saturated carbocycles. The molecule has 1 heterocycles. The van der Waals surface area contributed by atoms with Crippen molar-refractivity contribution in [3.8, 4) is 0 Å². The summed E-state index contributed by atoms with van der Waals surface area (Å²) in [6.45, 7) is 3.02. The molecule has 0 spiro atoms. The van der Waals surface area contributed by atoms with Crippen molar-refractivity contribution < 1.29 is 14.7 Å². The summed E-state index contributed by atoms with van der Waals surface area (Å²) < 4.78 is 0. The first-order chi connectivity index (χ1) is 8.24. The molecule has 0 saturated heterocycles. The maximum atomic E-state index is 11.6. The number of aliphatic carboxylic acids is 1. The Labute approximate surface area is 105 Å². The Morgan fingerprint density at radius 2 is 1.89 bits per heavy atom. The predicted octanol–water partition coefficient (Wildman–Crippen LogP) is 0.453. The Hall–Kier alpha value is -2.18. The van der Waals surface area contributed by atoms with Crippen molar-refractivity contribution in [2.75, 3.05) is 19.4 Å². The number of amides is 1. The van der Waals surface area contributed by atoms with Gasteiger partial charge in [0.05, 0.1) is 0 Å². The first kappa shape index (κ1) is 13.9. The van der Waals surface area contributed by atoms with Gasteiger partial charge in [-0.3, -0.25) is 4.79 Å². The number of carbonyl (C=O) groups is 2. The summed E-state index contributed by atoms with van der Waals surface area (Å²) in [6.07, 6.45) is 0. The van der Waals surface area contributed by atoms with Crippen molar-refractivity contribution in [2.24, 2.45) is 0 Å². The lowest BCUT2D eigenvalue weighted by atomic mass is 10.1. The maximum absolute atomic E-state index is 11.6. The molecule has 0 bridgehead atoms. The third-order valence-electron chi connectivity index (χ3n) is 2.27. The molecule has 0 radical (unpaired) electrons. The number of carbonyl (C=O) groups excluding carboxylic acids is 1. The van der Waals surface area contributed by atoms with E-state index in [0.29, 0.717) is 5.82 Å². The van der Waals surface area contributed by atoms with Crippen LogP contribution in [0.2, 0.25) is 0 Å². The molecular formula is C11H16N4O3. The van der Waals surface area contributed by atoms with Crippen LogP contribution in [0, 0.1) is 0 Å². The van der Waals surface area contributed by atoms with Crippen LogP contribution in [0.1, 0.15) is 24.3 Å². The minimum Gasteiger partial charge on any atom is -0.480 e. The zero-order valence-corrected chi connectivity index (χ0v) is 10.8. The van der Waals surface area contributed by atoms with Crippen molar-refractivity contribution in [3.63, 3.8) is 0 Å². The van der Waals surface area contributed by atoms with E-state index in [1.807, 2.05) is 0 Å². The Bertz CT molecular complexity index is 454. The van der Waals surface area contributed by atoms with Crippen molar-refractivity contribution in [1.82, 2.24) is 15.1 Å². The monoisotopic (exact) mass is 252 g/mol. The fourth-order valence-electron chi connectivity index (χ4n) is 1.12. The fraction of sp³-hybridized carbons (Fsp3) is 0.455. The van der Waals surface area contributed by atoms with Crippen LogP contribution in [0.3, 0.4) is 0 Å². The molecule has 1 rings (SSSR count). The van der Waals surface area contributed by atoms with Crippen LogP contribution in [0.5, 0.6) is 0 Å². The minimum atomic E-state index is -1.15. The fourth-order valence-corrected chi connectivity index (χ4v) is 1.12. The van der Waals surface area contributed by atoms with E-state index in [4.69, 9.17) is 5.11 Å². The molecule has 0 fully saturated rings. The highest BCUT2D eigenvalue weighted by molar-refractivity contribution is 5.91. The Kier molecular flexibility index (Phi) is 3.85. The van der Waals surface area contributed by atoms with Gasteiger partial charge in [0.1, 0.15) is 11.4 Å². The zero-order valence-electron chi connectivity index (χ0n) is 10.8. The zero-order chi connectivity index (χ0) is 13.9. The van der Waals surface area contributed by atoms with Crippen LogP contribution in [0.25, 0.3) is 0 Å². The summed E-state index contributed by atoms with van der Waals surface area (Å²) in [5, 5.41) is 19.2. The Balaban J connectivity index is 2.84. The second-order valence-corrected chi connectivity index (χ2v) is 4.56. The number of carboxylic acids is 1. The lowest BCUT2D eigenvalue weighted by Crippen LogP contribution is -2.40. The van der Waals surface area contributed by atoms with Gasteiger partial charge in [0.25, 0.3) is 5.91 Å². The molecule has 1 aromatic rings. The molecule has 0 aliphatic rings. The van der Waals surface area contributed by atoms with Crippen molar-refractivity contribution >= 4 is 17.7 Å². The molecule has 1 amide bonds. The number of hydrogen-bond acceptors (Lipinski definition) is 5. The molecule has 0 unspecified atom stereocenters. The van der Waals surface area contributed by atoms with Gasteiger partial charge in [0, 0.05) is 14.1 Å². The second-order valence-electron chi connectivity index (χ2n) is 4.56. The van der Waals surface area contributed by atoms with E-state index >= 15 is 0 Å². The van der Waals surface area contributed by atoms with Gasteiger partial charge in [0.15, 0.2) is 5.69 Å². The topological polar surface area (TPSA) is 95.4 Å². The number of hydrogen-bond donors (Lipinski definition) is 2. The van der Waals surface area contributed by atoms with Gasteiger partial charge >= 0.3 is 5.97 Å². The summed E-state index contributed by atoms with van der Waals surface area (Å²) in [5.41, 5.74) is -0.944. The molecule has 0 atom stereocenters. The van der Waals surface area contributed by atoms with Gasteiger partial charge in [-0.1, -0.05) is 0 Å². The third kappa shape index (κ3) is 3.16. The smallest absolute Gasteiger partial charge is 0.328 e. The van der Waals surface area contributed by atoms with Crippen LogP contribution in [0.4, 0.5) is 5.82 Å². The molecule has 0 aliphatic carbocycles. The summed E-state index contributed by atoms with van der Waals surface area (Å²) in [4.78, 5) is 23.9. The molecule has 18 heavy (non-hydrogen) atoms. The van der Waals surface area contributed by atoms with Crippen molar-refractivity contribution in [3.05, 3.63) is 17.8 Å². The summed E-state index contributed by atoms with van der Waals surface area (Å²) in [7, 11) is 3.23. The summed E-state index contributed by atoms with van der Waals surface area (Å²) in [5.74, 6) is -0.956. The van der Waals surface area contributed by atoms with Gasteiger partial charge in [-0.25, -0.2) is 4.79 Å². The highest BCUT2D eigenvalue weighted by atomic mass is 16.4. The van der Waals surface area contributed by atoms with Crippen LogP contribution < -0.4 is 5.32 Å². The van der Waals surface area contributed by atoms with E-state index in [0.717, 1.165) is 0 Å². The van der Waals surface area contributed by atoms with E-state index in [2.05, 4.69) is 15.5 Å². The normalized spacial score (nSPS) is 10.9. The second kappa shape index (κ2) is 4.99. The van der Waals surface area contributed by atoms with Crippen LogP contribution in [-0.2, 0) is 4.79 Å². The number of nitrogens with zero attached hydrogens (tertiary/aromatic N) is 3. The van der Waals surface area contributed by atoms with Gasteiger partial charge in [0.2, 0.25) is 0 Å². The molecule has 1 aromatic heterocycles. The van der Waals surface area contributed by atoms with Gasteiger partial charge in [-0.05, 0) is 26.0 Å². The molecule has 7 nitrogen and oxygen atoms in total.